The van der Waals surface area contributed by atoms with Gasteiger partial charge >= 0.3 is 5.97 Å². The first-order chi connectivity index (χ1) is 6.27. The lowest BCUT2D eigenvalue weighted by atomic mass is 10.5. The Bertz CT molecular complexity index is 129. The second-order valence-corrected chi connectivity index (χ2v) is 2.47. The van der Waals surface area contributed by atoms with Gasteiger partial charge in [0.25, 0.3) is 0 Å². The highest BCUT2D eigenvalue weighted by Crippen LogP contribution is 1.83. The van der Waals surface area contributed by atoms with Crippen molar-refractivity contribution in [3.8, 4) is 0 Å². The highest BCUT2D eigenvalue weighted by atomic mass is 16.5. The van der Waals surface area contributed by atoms with Crippen molar-refractivity contribution >= 4 is 5.97 Å². The molecule has 0 aromatic heterocycles. The fourth-order valence-corrected chi connectivity index (χ4v) is 0.656. The third kappa shape index (κ3) is 11.3. The van der Waals surface area contributed by atoms with E-state index in [9.17, 15) is 4.79 Å². The average Bonchev–Trinajstić information content (AvgIpc) is 2.09. The van der Waals surface area contributed by atoms with Crippen LogP contribution in [0.15, 0.2) is 0 Å². The first-order valence-electron chi connectivity index (χ1n) is 4.29. The maximum atomic E-state index is 10.1. The number of hydrogen-bond acceptors (Lipinski definition) is 4. The summed E-state index contributed by atoms with van der Waals surface area (Å²) in [4.78, 5) is 10.1. The number of ether oxygens (including phenoxy) is 2. The van der Waals surface area contributed by atoms with E-state index >= 15 is 0 Å². The molecule has 0 amide bonds. The standard InChI is InChI=1S/C8H17NO4/c1-9-3-5-13-7-6-12-4-2-8(10)11/h9H,2-7H2,1H3,(H,10,11). The Hall–Kier alpha value is -0.650. The summed E-state index contributed by atoms with van der Waals surface area (Å²) in [7, 11) is 1.85. The van der Waals surface area contributed by atoms with E-state index in [1.165, 1.54) is 0 Å². The van der Waals surface area contributed by atoms with Crippen LogP contribution >= 0.6 is 0 Å². The van der Waals surface area contributed by atoms with Crippen molar-refractivity contribution in [3.63, 3.8) is 0 Å². The van der Waals surface area contributed by atoms with Crippen LogP contribution < -0.4 is 5.32 Å². The van der Waals surface area contributed by atoms with Crippen LogP contribution in [0, 0.1) is 0 Å². The number of carbonyl (C=O) groups is 1. The monoisotopic (exact) mass is 191 g/mol. The molecular weight excluding hydrogens is 174 g/mol. The molecule has 0 heterocycles. The van der Waals surface area contributed by atoms with Gasteiger partial charge < -0.3 is 19.9 Å². The van der Waals surface area contributed by atoms with Gasteiger partial charge in [-0.05, 0) is 7.05 Å². The Balaban J connectivity index is 2.87. The predicted octanol–water partition coefficient (Wildman–Crippen LogP) is -0.286. The Labute approximate surface area is 78.0 Å². The van der Waals surface area contributed by atoms with E-state index in [0.717, 1.165) is 6.54 Å². The van der Waals surface area contributed by atoms with Gasteiger partial charge in [0.2, 0.25) is 0 Å². The second kappa shape index (κ2) is 9.44. The lowest BCUT2D eigenvalue weighted by Crippen LogP contribution is -2.16. The molecule has 13 heavy (non-hydrogen) atoms. The van der Waals surface area contributed by atoms with Gasteiger partial charge in [-0.15, -0.1) is 0 Å². The molecule has 5 nitrogen and oxygen atoms in total. The minimum Gasteiger partial charge on any atom is -0.481 e. The van der Waals surface area contributed by atoms with Crippen LogP contribution in [0.1, 0.15) is 6.42 Å². The van der Waals surface area contributed by atoms with Crippen LogP contribution in [-0.4, -0.2) is 51.1 Å². The molecule has 0 aliphatic carbocycles. The fraction of sp³-hybridized carbons (Fsp3) is 0.875. The van der Waals surface area contributed by atoms with Crippen LogP contribution in [0.4, 0.5) is 0 Å². The lowest BCUT2D eigenvalue weighted by Gasteiger charge is -2.03. The number of likely N-dealkylation sites (N-methyl/N-ethyl adjacent to an activating group) is 1. The lowest BCUT2D eigenvalue weighted by molar-refractivity contribution is -0.138. The largest absolute Gasteiger partial charge is 0.481 e. The van der Waals surface area contributed by atoms with Crippen molar-refractivity contribution in [1.82, 2.24) is 5.32 Å². The molecule has 0 aliphatic rings. The highest BCUT2D eigenvalue weighted by molar-refractivity contribution is 5.66. The van der Waals surface area contributed by atoms with Gasteiger partial charge in [0.15, 0.2) is 0 Å². The van der Waals surface area contributed by atoms with E-state index < -0.39 is 5.97 Å². The Morgan fingerprint density at radius 2 is 1.85 bits per heavy atom. The number of aliphatic carboxylic acids is 1. The molecule has 0 fully saturated rings. The minimum absolute atomic E-state index is 0.0521. The van der Waals surface area contributed by atoms with E-state index in [4.69, 9.17) is 14.6 Å². The number of carboxylic acid groups (broad SMARTS) is 1. The quantitative estimate of drug-likeness (QED) is 0.490. The molecule has 78 valence electrons. The summed E-state index contributed by atoms with van der Waals surface area (Å²) in [6, 6.07) is 0. The average molecular weight is 191 g/mol. The van der Waals surface area contributed by atoms with Gasteiger partial charge in [0.1, 0.15) is 0 Å². The number of hydrogen-bond donors (Lipinski definition) is 2. The van der Waals surface area contributed by atoms with Crippen LogP contribution in [0.25, 0.3) is 0 Å². The molecular formula is C8H17NO4. The Kier molecular flexibility index (Phi) is 8.97. The van der Waals surface area contributed by atoms with Gasteiger partial charge in [-0.3, -0.25) is 4.79 Å². The molecule has 0 radical (unpaired) electrons. The fourth-order valence-electron chi connectivity index (χ4n) is 0.656. The molecule has 0 saturated carbocycles. The van der Waals surface area contributed by atoms with E-state index in [1.807, 2.05) is 7.05 Å². The zero-order chi connectivity index (χ0) is 9.94. The van der Waals surface area contributed by atoms with E-state index in [0.29, 0.717) is 19.8 Å². The Morgan fingerprint density at radius 3 is 2.38 bits per heavy atom. The second-order valence-electron chi connectivity index (χ2n) is 2.47. The minimum atomic E-state index is -0.837. The zero-order valence-corrected chi connectivity index (χ0v) is 7.91. The molecule has 5 heteroatoms. The molecule has 0 atom stereocenters. The van der Waals surface area contributed by atoms with Gasteiger partial charge in [-0.25, -0.2) is 0 Å². The smallest absolute Gasteiger partial charge is 0.305 e. The summed E-state index contributed by atoms with van der Waals surface area (Å²) in [5.74, 6) is -0.837. The van der Waals surface area contributed by atoms with Crippen molar-refractivity contribution in [2.45, 2.75) is 6.42 Å². The molecule has 0 aromatic rings. The van der Waals surface area contributed by atoms with E-state index in [-0.39, 0.29) is 13.0 Å². The van der Waals surface area contributed by atoms with Crippen LogP contribution in [0.2, 0.25) is 0 Å². The summed E-state index contributed by atoms with van der Waals surface area (Å²) >= 11 is 0. The maximum absolute atomic E-state index is 10.1. The molecule has 0 aromatic carbocycles. The maximum Gasteiger partial charge on any atom is 0.305 e. The summed E-state index contributed by atoms with van der Waals surface area (Å²) < 4.78 is 10.1. The summed E-state index contributed by atoms with van der Waals surface area (Å²) in [5.41, 5.74) is 0. The number of rotatable bonds is 9. The van der Waals surface area contributed by atoms with Crippen LogP contribution in [0.5, 0.6) is 0 Å². The molecule has 2 N–H and O–H groups in total. The Morgan fingerprint density at radius 1 is 1.23 bits per heavy atom. The van der Waals surface area contributed by atoms with Crippen molar-refractivity contribution in [2.75, 3.05) is 40.0 Å². The van der Waals surface area contributed by atoms with Gasteiger partial charge in [-0.1, -0.05) is 0 Å². The summed E-state index contributed by atoms with van der Waals surface area (Å²) in [6.45, 7) is 2.69. The molecule has 0 bridgehead atoms. The molecule has 0 spiro atoms. The third-order valence-electron chi connectivity index (χ3n) is 1.33. The number of nitrogens with one attached hydrogen (secondary N) is 1. The third-order valence-corrected chi connectivity index (χ3v) is 1.33. The van der Waals surface area contributed by atoms with Gasteiger partial charge in [-0.2, -0.15) is 0 Å². The first-order valence-corrected chi connectivity index (χ1v) is 4.29. The molecule has 0 saturated heterocycles. The van der Waals surface area contributed by atoms with Gasteiger partial charge in [0.05, 0.1) is 32.8 Å². The first kappa shape index (κ1) is 12.3. The zero-order valence-electron chi connectivity index (χ0n) is 7.91. The van der Waals surface area contributed by atoms with Crippen molar-refractivity contribution < 1.29 is 19.4 Å². The number of carboxylic acids is 1. The molecule has 0 unspecified atom stereocenters. The SMILES string of the molecule is CNCCOCCOCCC(=O)O. The predicted molar refractivity (Wildman–Crippen MR) is 47.8 cm³/mol. The molecule has 0 aliphatic heterocycles. The van der Waals surface area contributed by atoms with E-state index in [1.54, 1.807) is 0 Å². The van der Waals surface area contributed by atoms with Crippen molar-refractivity contribution in [1.29, 1.82) is 0 Å². The normalized spacial score (nSPS) is 10.2. The highest BCUT2D eigenvalue weighted by Gasteiger charge is 1.95. The molecule has 0 rings (SSSR count). The van der Waals surface area contributed by atoms with Gasteiger partial charge in [0, 0.05) is 6.54 Å². The van der Waals surface area contributed by atoms with Crippen molar-refractivity contribution in [2.24, 2.45) is 0 Å². The van der Waals surface area contributed by atoms with Crippen LogP contribution in [-0.2, 0) is 14.3 Å². The summed E-state index contributed by atoms with van der Waals surface area (Å²) in [6.07, 6.45) is 0.0521. The summed E-state index contributed by atoms with van der Waals surface area (Å²) in [5, 5.41) is 11.2. The van der Waals surface area contributed by atoms with Crippen LogP contribution in [0.3, 0.4) is 0 Å². The van der Waals surface area contributed by atoms with E-state index in [2.05, 4.69) is 5.32 Å². The topological polar surface area (TPSA) is 67.8 Å². The van der Waals surface area contributed by atoms with Crippen molar-refractivity contribution in [3.05, 3.63) is 0 Å².